The van der Waals surface area contributed by atoms with Crippen molar-refractivity contribution in [3.05, 3.63) is 84.4 Å². The summed E-state index contributed by atoms with van der Waals surface area (Å²) in [6, 6.07) is 9.44. The number of nitro benzene ring substituents is 3. The quantitative estimate of drug-likeness (QED) is 0.132. The molecule has 1 unspecified atom stereocenters. The molecule has 0 saturated heterocycles. The summed E-state index contributed by atoms with van der Waals surface area (Å²) in [5.74, 6) is 0. The second-order valence-corrected chi connectivity index (χ2v) is 7.48. The molecule has 0 aliphatic rings. The van der Waals surface area contributed by atoms with Gasteiger partial charge in [0.1, 0.15) is 16.7 Å². The number of nitro groups is 3. The van der Waals surface area contributed by atoms with Crippen molar-refractivity contribution in [1.82, 2.24) is 15.4 Å². The van der Waals surface area contributed by atoms with E-state index in [9.17, 15) is 30.3 Å². The third-order valence-corrected chi connectivity index (χ3v) is 5.13. The highest BCUT2D eigenvalue weighted by atomic mass is 16.6. The van der Waals surface area contributed by atoms with Gasteiger partial charge in [0.25, 0.3) is 11.4 Å². The lowest BCUT2D eigenvalue weighted by molar-refractivity contribution is -0.393. The van der Waals surface area contributed by atoms with E-state index in [4.69, 9.17) is 5.73 Å². The highest BCUT2D eigenvalue weighted by molar-refractivity contribution is 5.92. The molecule has 0 aliphatic carbocycles. The monoisotopic (exact) mass is 505 g/mol. The van der Waals surface area contributed by atoms with E-state index in [1.54, 1.807) is 19.1 Å². The highest BCUT2D eigenvalue weighted by Gasteiger charge is 2.21. The van der Waals surface area contributed by atoms with Gasteiger partial charge in [-0.05, 0) is 36.8 Å². The normalized spacial score (nSPS) is 12.4. The molecule has 1 atom stereocenters. The molecule has 0 spiro atoms. The van der Waals surface area contributed by atoms with Crippen LogP contribution in [0.25, 0.3) is 11.0 Å². The first kappa shape index (κ1) is 24.4. The molecule has 37 heavy (non-hydrogen) atoms. The van der Waals surface area contributed by atoms with Crippen molar-refractivity contribution < 1.29 is 14.8 Å². The standard InChI is InChI=1S/C20H15N11O6/c1-10(22-23-15-6-3-12(29(32)33)9-18(15)31(36)37)11-2-5-14(17(8-11)30(34)35)24-26-19-13(21)4-7-16-20(19)27-28-25-16/h2-10H,21H2,1H3,(H,25,27,28). The maximum Gasteiger partial charge on any atom is 0.303 e. The molecule has 0 fully saturated rings. The van der Waals surface area contributed by atoms with Crippen molar-refractivity contribution in [2.75, 3.05) is 5.73 Å². The number of aromatic amines is 1. The van der Waals surface area contributed by atoms with Gasteiger partial charge in [-0.15, -0.1) is 15.3 Å². The molecule has 3 aromatic carbocycles. The minimum atomic E-state index is -0.816. The third kappa shape index (κ3) is 5.04. The summed E-state index contributed by atoms with van der Waals surface area (Å²) in [7, 11) is 0. The summed E-state index contributed by atoms with van der Waals surface area (Å²) in [6.45, 7) is 1.56. The summed E-state index contributed by atoms with van der Waals surface area (Å²) in [5, 5.41) is 60.0. The molecule has 186 valence electrons. The van der Waals surface area contributed by atoms with Gasteiger partial charge in [-0.1, -0.05) is 6.07 Å². The van der Waals surface area contributed by atoms with Crippen LogP contribution in [0, 0.1) is 30.3 Å². The SMILES string of the molecule is CC(N=Nc1ccc([N+](=O)[O-])cc1[N+](=O)[O-])c1ccc(N=Nc2c(N)ccc3n[nH]nc23)c([N+](=O)[O-])c1. The van der Waals surface area contributed by atoms with E-state index in [0.717, 1.165) is 18.2 Å². The second-order valence-electron chi connectivity index (χ2n) is 7.48. The maximum atomic E-state index is 11.7. The first-order valence-corrected chi connectivity index (χ1v) is 10.3. The average molecular weight is 505 g/mol. The van der Waals surface area contributed by atoms with Gasteiger partial charge >= 0.3 is 5.69 Å². The van der Waals surface area contributed by atoms with Crippen LogP contribution in [0.1, 0.15) is 18.5 Å². The lowest BCUT2D eigenvalue weighted by Gasteiger charge is -2.06. The summed E-state index contributed by atoms with van der Waals surface area (Å²) in [5.41, 5.74) is 5.84. The van der Waals surface area contributed by atoms with E-state index in [2.05, 4.69) is 35.9 Å². The number of hydrogen-bond acceptors (Lipinski definition) is 13. The van der Waals surface area contributed by atoms with E-state index >= 15 is 0 Å². The number of rotatable bonds is 8. The first-order chi connectivity index (χ1) is 17.7. The van der Waals surface area contributed by atoms with E-state index in [0.29, 0.717) is 16.6 Å². The van der Waals surface area contributed by atoms with Gasteiger partial charge in [0.15, 0.2) is 11.4 Å². The van der Waals surface area contributed by atoms with Crippen LogP contribution in [0.2, 0.25) is 0 Å². The van der Waals surface area contributed by atoms with Crippen LogP contribution in [-0.4, -0.2) is 30.2 Å². The minimum Gasteiger partial charge on any atom is -0.397 e. The fourth-order valence-electron chi connectivity index (χ4n) is 3.23. The summed E-state index contributed by atoms with van der Waals surface area (Å²) < 4.78 is 0. The lowest BCUT2D eigenvalue weighted by Crippen LogP contribution is -1.94. The molecule has 4 aromatic rings. The number of nitrogen functional groups attached to an aromatic ring is 1. The third-order valence-electron chi connectivity index (χ3n) is 5.13. The Labute approximate surface area is 205 Å². The lowest BCUT2D eigenvalue weighted by atomic mass is 10.1. The zero-order valence-corrected chi connectivity index (χ0v) is 18.7. The Hall–Kier alpha value is -5.74. The predicted molar refractivity (Wildman–Crippen MR) is 128 cm³/mol. The Morgan fingerprint density at radius 2 is 1.51 bits per heavy atom. The summed E-state index contributed by atoms with van der Waals surface area (Å²) >= 11 is 0. The van der Waals surface area contributed by atoms with Gasteiger partial charge in [-0.3, -0.25) is 30.3 Å². The fourth-order valence-corrected chi connectivity index (χ4v) is 3.23. The van der Waals surface area contributed by atoms with Gasteiger partial charge in [-0.2, -0.15) is 20.5 Å². The van der Waals surface area contributed by atoms with Crippen LogP contribution in [0.3, 0.4) is 0 Å². The van der Waals surface area contributed by atoms with Crippen LogP contribution in [-0.2, 0) is 0 Å². The molecule has 4 rings (SSSR count). The number of nitrogens with zero attached hydrogens (tertiary/aromatic N) is 9. The molecule has 0 radical (unpaired) electrons. The Kier molecular flexibility index (Phi) is 6.50. The number of non-ortho nitro benzene ring substituents is 1. The highest BCUT2D eigenvalue weighted by Crippen LogP contribution is 2.37. The van der Waals surface area contributed by atoms with Gasteiger partial charge in [0, 0.05) is 12.1 Å². The van der Waals surface area contributed by atoms with Crippen molar-refractivity contribution >= 4 is 50.8 Å². The molecule has 0 saturated carbocycles. The van der Waals surface area contributed by atoms with Crippen LogP contribution >= 0.6 is 0 Å². The number of nitrogens with two attached hydrogens (primary N) is 1. The number of aromatic nitrogens is 3. The van der Waals surface area contributed by atoms with E-state index in [1.165, 1.54) is 18.2 Å². The molecule has 0 bridgehead atoms. The first-order valence-electron chi connectivity index (χ1n) is 10.3. The number of nitrogens with one attached hydrogen (secondary N) is 1. The van der Waals surface area contributed by atoms with Crippen molar-refractivity contribution in [3.8, 4) is 0 Å². The number of benzene rings is 3. The van der Waals surface area contributed by atoms with E-state index in [-0.39, 0.29) is 28.4 Å². The summed E-state index contributed by atoms with van der Waals surface area (Å²) in [6.07, 6.45) is 0. The van der Waals surface area contributed by atoms with Crippen LogP contribution < -0.4 is 5.73 Å². The Balaban J connectivity index is 1.63. The molecular weight excluding hydrogens is 490 g/mol. The molecule has 0 amide bonds. The average Bonchev–Trinajstić information content (AvgIpc) is 3.35. The Bertz CT molecular complexity index is 1610. The number of hydrogen-bond donors (Lipinski definition) is 2. The van der Waals surface area contributed by atoms with Crippen molar-refractivity contribution in [3.63, 3.8) is 0 Å². The molecule has 17 nitrogen and oxygen atoms in total. The largest absolute Gasteiger partial charge is 0.397 e. The Morgan fingerprint density at radius 3 is 2.22 bits per heavy atom. The van der Waals surface area contributed by atoms with Crippen molar-refractivity contribution in [2.45, 2.75) is 13.0 Å². The molecule has 3 N–H and O–H groups in total. The van der Waals surface area contributed by atoms with Crippen LogP contribution in [0.15, 0.2) is 69.0 Å². The Morgan fingerprint density at radius 1 is 0.838 bits per heavy atom. The topological polar surface area (TPSA) is 246 Å². The zero-order chi connectivity index (χ0) is 26.7. The minimum absolute atomic E-state index is 0.0659. The number of H-pyrrole nitrogens is 1. The number of azo groups is 2. The van der Waals surface area contributed by atoms with Crippen LogP contribution in [0.5, 0.6) is 0 Å². The van der Waals surface area contributed by atoms with E-state index in [1.807, 2.05) is 0 Å². The summed E-state index contributed by atoms with van der Waals surface area (Å²) in [4.78, 5) is 31.6. The van der Waals surface area contributed by atoms with Gasteiger partial charge in [0.05, 0.1) is 32.6 Å². The molecule has 1 heterocycles. The van der Waals surface area contributed by atoms with Gasteiger partial charge in [0.2, 0.25) is 0 Å². The molecule has 17 heteroatoms. The van der Waals surface area contributed by atoms with Crippen molar-refractivity contribution in [1.29, 1.82) is 0 Å². The van der Waals surface area contributed by atoms with E-state index < -0.39 is 32.2 Å². The van der Waals surface area contributed by atoms with Gasteiger partial charge < -0.3 is 5.73 Å². The maximum absolute atomic E-state index is 11.7. The molecule has 1 aromatic heterocycles. The zero-order valence-electron chi connectivity index (χ0n) is 18.7. The predicted octanol–water partition coefficient (Wildman–Crippen LogP) is 5.53. The fraction of sp³-hybridized carbons (Fsp3) is 0.100. The van der Waals surface area contributed by atoms with Gasteiger partial charge in [-0.25, -0.2) is 0 Å². The number of fused-ring (bicyclic) bond motifs is 1. The molecular formula is C20H15N11O6. The smallest absolute Gasteiger partial charge is 0.303 e. The molecule has 0 aliphatic heterocycles. The second kappa shape index (κ2) is 9.86. The number of anilines is 1. The van der Waals surface area contributed by atoms with Crippen LogP contribution in [0.4, 0.5) is 39.8 Å². The van der Waals surface area contributed by atoms with Crippen molar-refractivity contribution in [2.24, 2.45) is 20.5 Å².